The van der Waals surface area contributed by atoms with E-state index in [0.29, 0.717) is 34.1 Å². The van der Waals surface area contributed by atoms with Gasteiger partial charge in [-0.2, -0.15) is 18.4 Å². The van der Waals surface area contributed by atoms with Crippen LogP contribution in [0.25, 0.3) is 27.2 Å². The van der Waals surface area contributed by atoms with Crippen LogP contribution in [0, 0.1) is 18.3 Å². The van der Waals surface area contributed by atoms with E-state index >= 15 is 0 Å². The monoisotopic (exact) mass is 567 g/mol. The van der Waals surface area contributed by atoms with Crippen molar-refractivity contribution in [3.63, 3.8) is 0 Å². The van der Waals surface area contributed by atoms with E-state index in [1.165, 1.54) is 11.1 Å². The molecule has 2 N–H and O–H groups in total. The molecular weight excluding hydrogens is 535 g/mol. The molecule has 5 rings (SSSR count). The van der Waals surface area contributed by atoms with Crippen molar-refractivity contribution in [3.05, 3.63) is 57.9 Å². The summed E-state index contributed by atoms with van der Waals surface area (Å²) in [5.74, 6) is 1.09. The maximum Gasteiger partial charge on any atom is 0.393 e. The molecule has 1 aliphatic heterocycles. The summed E-state index contributed by atoms with van der Waals surface area (Å²) in [5, 5.41) is 14.5. The van der Waals surface area contributed by atoms with Gasteiger partial charge in [0.25, 0.3) is 0 Å². The molecule has 0 bridgehead atoms. The Hall–Kier alpha value is -3.46. The summed E-state index contributed by atoms with van der Waals surface area (Å²) in [6, 6.07) is 9.97. The highest BCUT2D eigenvalue weighted by molar-refractivity contribution is 7.18. The molecule has 1 aromatic carbocycles. The second-order valence-corrected chi connectivity index (χ2v) is 11.7. The van der Waals surface area contributed by atoms with E-state index in [2.05, 4.69) is 39.2 Å². The minimum Gasteiger partial charge on any atom is -0.367 e. The Morgan fingerprint density at radius 1 is 1.20 bits per heavy atom. The molecule has 4 aromatic rings. The van der Waals surface area contributed by atoms with E-state index in [1.54, 1.807) is 6.07 Å². The predicted molar refractivity (Wildman–Crippen MR) is 154 cm³/mol. The zero-order valence-electron chi connectivity index (χ0n) is 22.8. The Morgan fingerprint density at radius 3 is 2.67 bits per heavy atom. The standard InChI is InChI=1S/C29H32F3N7S/c1-18-19(6-7-25-23(18)13-21(16-33)34-25)17-39-11-8-20(9-12-39)35-27-24-14-22(15-29(30,31)32)40-28(24)37-26(36-27)5-4-10-38(2)3/h4-7,13-14,20,34H,8-12,15,17H2,1-3H3,(H,35,36,37)/b5-4+. The number of hydrogen-bond donors (Lipinski definition) is 2. The van der Waals surface area contributed by atoms with Crippen molar-refractivity contribution in [2.45, 2.75) is 44.9 Å². The fourth-order valence-electron chi connectivity index (χ4n) is 5.12. The zero-order chi connectivity index (χ0) is 28.4. The van der Waals surface area contributed by atoms with E-state index in [-0.39, 0.29) is 10.9 Å². The average molecular weight is 568 g/mol. The van der Waals surface area contributed by atoms with Gasteiger partial charge in [-0.15, -0.1) is 11.3 Å². The molecule has 1 aliphatic rings. The number of aromatic nitrogens is 3. The molecule has 0 amide bonds. The Morgan fingerprint density at radius 2 is 1.98 bits per heavy atom. The Balaban J connectivity index is 1.29. The summed E-state index contributed by atoms with van der Waals surface area (Å²) < 4.78 is 39.3. The molecule has 0 unspecified atom stereocenters. The normalized spacial score (nSPS) is 15.6. The largest absolute Gasteiger partial charge is 0.393 e. The van der Waals surface area contributed by atoms with Gasteiger partial charge in [-0.05, 0) is 69.3 Å². The van der Waals surface area contributed by atoms with Crippen molar-refractivity contribution in [1.29, 1.82) is 5.26 Å². The van der Waals surface area contributed by atoms with Gasteiger partial charge in [-0.3, -0.25) is 4.90 Å². The van der Waals surface area contributed by atoms with Gasteiger partial charge in [0.05, 0.1) is 11.8 Å². The molecule has 1 fully saturated rings. The number of halogens is 3. The van der Waals surface area contributed by atoms with Crippen molar-refractivity contribution in [1.82, 2.24) is 24.8 Å². The first kappa shape index (κ1) is 28.1. The maximum absolute atomic E-state index is 13.1. The second kappa shape index (κ2) is 11.6. The predicted octanol–water partition coefficient (Wildman–Crippen LogP) is 6.11. The summed E-state index contributed by atoms with van der Waals surface area (Å²) in [6.07, 6.45) is 0.303. The van der Waals surface area contributed by atoms with Gasteiger partial charge in [-0.1, -0.05) is 12.1 Å². The van der Waals surface area contributed by atoms with E-state index < -0.39 is 12.6 Å². The van der Waals surface area contributed by atoms with Gasteiger partial charge in [0.1, 0.15) is 22.4 Å². The summed E-state index contributed by atoms with van der Waals surface area (Å²) in [5.41, 5.74) is 3.96. The van der Waals surface area contributed by atoms with Gasteiger partial charge < -0.3 is 15.2 Å². The van der Waals surface area contributed by atoms with Crippen LogP contribution in [0.1, 0.15) is 40.4 Å². The highest BCUT2D eigenvalue weighted by atomic mass is 32.1. The van der Waals surface area contributed by atoms with Crippen LogP contribution in [0.5, 0.6) is 0 Å². The van der Waals surface area contributed by atoms with Gasteiger partial charge in [-0.25, -0.2) is 9.97 Å². The lowest BCUT2D eigenvalue weighted by Gasteiger charge is -2.33. The number of likely N-dealkylation sites (N-methyl/N-ethyl adjacent to an activating group) is 1. The maximum atomic E-state index is 13.1. The van der Waals surface area contributed by atoms with Crippen LogP contribution in [0.4, 0.5) is 19.0 Å². The molecule has 11 heteroatoms. The van der Waals surface area contributed by atoms with Crippen molar-refractivity contribution < 1.29 is 13.2 Å². The van der Waals surface area contributed by atoms with Crippen LogP contribution in [0.15, 0.2) is 30.3 Å². The Kier molecular flexibility index (Phi) is 8.12. The number of nitriles is 1. The number of likely N-dealkylation sites (tertiary alicyclic amines) is 1. The lowest BCUT2D eigenvalue weighted by molar-refractivity contribution is -0.126. The molecule has 0 atom stereocenters. The van der Waals surface area contributed by atoms with Crippen LogP contribution in [0.2, 0.25) is 0 Å². The molecule has 4 heterocycles. The number of aryl methyl sites for hydroxylation is 1. The lowest BCUT2D eigenvalue weighted by atomic mass is 10.0. The van der Waals surface area contributed by atoms with Crippen LogP contribution < -0.4 is 5.32 Å². The first-order chi connectivity index (χ1) is 19.1. The number of piperidine rings is 1. The highest BCUT2D eigenvalue weighted by Gasteiger charge is 2.29. The van der Waals surface area contributed by atoms with E-state index in [9.17, 15) is 18.4 Å². The fraction of sp³-hybridized carbons (Fsp3) is 0.414. The molecular formula is C29H32F3N7S. The molecule has 7 nitrogen and oxygen atoms in total. The molecule has 0 spiro atoms. The van der Waals surface area contributed by atoms with Crippen molar-refractivity contribution in [2.75, 3.05) is 39.0 Å². The number of aromatic amines is 1. The summed E-state index contributed by atoms with van der Waals surface area (Å²) in [4.78, 5) is 17.6. The number of hydrogen-bond acceptors (Lipinski definition) is 7. The number of anilines is 1. The van der Waals surface area contributed by atoms with E-state index in [0.717, 1.165) is 54.7 Å². The van der Waals surface area contributed by atoms with E-state index in [4.69, 9.17) is 4.98 Å². The third-order valence-electron chi connectivity index (χ3n) is 7.20. The molecule has 0 saturated carbocycles. The Labute approximate surface area is 235 Å². The number of nitrogens with zero attached hydrogens (tertiary/aromatic N) is 5. The minimum absolute atomic E-state index is 0.158. The average Bonchev–Trinajstić information content (AvgIpc) is 3.49. The first-order valence-corrected chi connectivity index (χ1v) is 14.1. The van der Waals surface area contributed by atoms with E-state index in [1.807, 2.05) is 43.3 Å². The van der Waals surface area contributed by atoms with Crippen LogP contribution >= 0.6 is 11.3 Å². The molecule has 0 aliphatic carbocycles. The van der Waals surface area contributed by atoms with Gasteiger partial charge >= 0.3 is 6.18 Å². The zero-order valence-corrected chi connectivity index (χ0v) is 23.6. The summed E-state index contributed by atoms with van der Waals surface area (Å²) in [6.45, 7) is 5.41. The third-order valence-corrected chi connectivity index (χ3v) is 8.23. The number of fused-ring (bicyclic) bond motifs is 2. The second-order valence-electron chi connectivity index (χ2n) is 10.6. The smallest absolute Gasteiger partial charge is 0.367 e. The summed E-state index contributed by atoms with van der Waals surface area (Å²) >= 11 is 1.08. The fourth-order valence-corrected chi connectivity index (χ4v) is 6.19. The van der Waals surface area contributed by atoms with Crippen LogP contribution in [-0.4, -0.2) is 70.7 Å². The Bertz CT molecular complexity index is 1570. The van der Waals surface area contributed by atoms with Crippen molar-refractivity contribution in [3.8, 4) is 6.07 Å². The molecule has 0 radical (unpaired) electrons. The number of thiophene rings is 1. The first-order valence-electron chi connectivity index (χ1n) is 13.3. The number of rotatable bonds is 8. The number of benzene rings is 1. The number of nitrogens with one attached hydrogen (secondary N) is 2. The molecule has 1 saturated heterocycles. The SMILES string of the molecule is Cc1c(CN2CCC(Nc3nc(/C=C/CN(C)C)nc4sc(CC(F)(F)F)cc34)CC2)ccc2[nH]c(C#N)cc12. The van der Waals surface area contributed by atoms with Crippen molar-refractivity contribution >= 4 is 44.4 Å². The van der Waals surface area contributed by atoms with Gasteiger partial charge in [0.15, 0.2) is 5.82 Å². The van der Waals surface area contributed by atoms with Crippen LogP contribution in [0.3, 0.4) is 0 Å². The molecule has 40 heavy (non-hydrogen) atoms. The van der Waals surface area contributed by atoms with Crippen molar-refractivity contribution in [2.24, 2.45) is 0 Å². The number of H-pyrrole nitrogens is 1. The third kappa shape index (κ3) is 6.63. The molecule has 3 aromatic heterocycles. The number of alkyl halides is 3. The minimum atomic E-state index is -4.27. The topological polar surface area (TPSA) is 83.9 Å². The van der Waals surface area contributed by atoms with Gasteiger partial charge in [0, 0.05) is 48.0 Å². The highest BCUT2D eigenvalue weighted by Crippen LogP contribution is 2.34. The van der Waals surface area contributed by atoms with Gasteiger partial charge in [0.2, 0.25) is 0 Å². The van der Waals surface area contributed by atoms with Crippen LogP contribution in [-0.2, 0) is 13.0 Å². The lowest BCUT2D eigenvalue weighted by Crippen LogP contribution is -2.39. The quantitative estimate of drug-likeness (QED) is 0.267. The molecule has 210 valence electrons. The summed E-state index contributed by atoms with van der Waals surface area (Å²) in [7, 11) is 3.92.